The summed E-state index contributed by atoms with van der Waals surface area (Å²) in [5.41, 5.74) is 5.96. The molecule has 0 saturated carbocycles. The van der Waals surface area contributed by atoms with E-state index in [1.807, 2.05) is 30.1 Å². The first-order chi connectivity index (χ1) is 12.0. The average Bonchev–Trinajstić information content (AvgIpc) is 3.02. The van der Waals surface area contributed by atoms with E-state index in [-0.39, 0.29) is 5.91 Å². The van der Waals surface area contributed by atoms with Gasteiger partial charge in [-0.25, -0.2) is 0 Å². The number of aryl methyl sites for hydroxylation is 3. The summed E-state index contributed by atoms with van der Waals surface area (Å²) < 4.78 is 5.42. The molecule has 132 valence electrons. The van der Waals surface area contributed by atoms with Crippen LogP contribution in [0.5, 0.6) is 5.75 Å². The molecule has 0 aliphatic heterocycles. The van der Waals surface area contributed by atoms with Crippen LogP contribution >= 0.6 is 0 Å². The van der Waals surface area contributed by atoms with Crippen molar-refractivity contribution in [1.82, 2.24) is 4.90 Å². The van der Waals surface area contributed by atoms with Gasteiger partial charge in [0.05, 0.1) is 13.7 Å². The van der Waals surface area contributed by atoms with Crippen molar-refractivity contribution in [1.29, 1.82) is 0 Å². The minimum absolute atomic E-state index is 0.00654. The highest BCUT2D eigenvalue weighted by Gasteiger charge is 2.13. The molecular weight excluding hydrogens is 312 g/mol. The Labute approximate surface area is 149 Å². The van der Waals surface area contributed by atoms with Crippen molar-refractivity contribution in [2.45, 2.75) is 32.7 Å². The third kappa shape index (κ3) is 4.40. The van der Waals surface area contributed by atoms with Gasteiger partial charge in [-0.2, -0.15) is 0 Å². The van der Waals surface area contributed by atoms with Gasteiger partial charge in [-0.1, -0.05) is 23.8 Å². The second-order valence-corrected chi connectivity index (χ2v) is 6.87. The predicted molar refractivity (Wildman–Crippen MR) is 101 cm³/mol. The molecule has 4 nitrogen and oxygen atoms in total. The average molecular weight is 338 g/mol. The van der Waals surface area contributed by atoms with E-state index in [2.05, 4.69) is 30.4 Å². The number of nitrogens with zero attached hydrogens (tertiary/aromatic N) is 1. The van der Waals surface area contributed by atoms with Crippen molar-refractivity contribution in [3.05, 3.63) is 58.7 Å². The Kier molecular flexibility index (Phi) is 5.39. The number of amides is 1. The topological polar surface area (TPSA) is 41.6 Å². The van der Waals surface area contributed by atoms with E-state index in [0.717, 1.165) is 29.8 Å². The Bertz CT molecular complexity index is 770. The van der Waals surface area contributed by atoms with Gasteiger partial charge in [-0.15, -0.1) is 0 Å². The van der Waals surface area contributed by atoms with E-state index < -0.39 is 0 Å². The number of carbonyl (C=O) groups excluding carboxylic acids is 1. The van der Waals surface area contributed by atoms with Crippen molar-refractivity contribution >= 4 is 11.6 Å². The van der Waals surface area contributed by atoms with E-state index in [4.69, 9.17) is 4.74 Å². The van der Waals surface area contributed by atoms with Crippen LogP contribution in [-0.2, 0) is 24.2 Å². The number of hydrogen-bond acceptors (Lipinski definition) is 3. The standard InChI is InChI=1S/C21H26N2O2/c1-15-7-10-20(25-3)18(11-15)13-23(2)14-21(24)22-19-9-8-16-5-4-6-17(16)12-19/h7-12H,4-6,13-14H2,1-3H3,(H,22,24). The van der Waals surface area contributed by atoms with Gasteiger partial charge in [0.25, 0.3) is 0 Å². The summed E-state index contributed by atoms with van der Waals surface area (Å²) in [5.74, 6) is 0.864. The van der Waals surface area contributed by atoms with Crippen molar-refractivity contribution in [2.75, 3.05) is 26.0 Å². The summed E-state index contributed by atoms with van der Waals surface area (Å²) in [5, 5.41) is 3.02. The van der Waals surface area contributed by atoms with Gasteiger partial charge in [0.15, 0.2) is 0 Å². The normalized spacial score (nSPS) is 13.0. The van der Waals surface area contributed by atoms with Crippen LogP contribution in [0.4, 0.5) is 5.69 Å². The molecule has 1 aliphatic carbocycles. The van der Waals surface area contributed by atoms with Crippen LogP contribution in [0.15, 0.2) is 36.4 Å². The Morgan fingerprint density at radius 2 is 1.96 bits per heavy atom. The minimum atomic E-state index is 0.00654. The first-order valence-corrected chi connectivity index (χ1v) is 8.79. The third-order valence-corrected chi connectivity index (χ3v) is 4.67. The molecule has 3 rings (SSSR count). The molecule has 1 N–H and O–H groups in total. The summed E-state index contributed by atoms with van der Waals surface area (Å²) in [4.78, 5) is 14.4. The number of ether oxygens (including phenoxy) is 1. The van der Waals surface area contributed by atoms with Gasteiger partial charge in [0, 0.05) is 17.8 Å². The third-order valence-electron chi connectivity index (χ3n) is 4.67. The summed E-state index contributed by atoms with van der Waals surface area (Å²) >= 11 is 0. The summed E-state index contributed by atoms with van der Waals surface area (Å²) in [6, 6.07) is 12.4. The molecule has 2 aromatic carbocycles. The molecule has 1 amide bonds. The first kappa shape index (κ1) is 17.5. The zero-order valence-corrected chi connectivity index (χ0v) is 15.3. The molecule has 0 aromatic heterocycles. The lowest BCUT2D eigenvalue weighted by atomic mass is 10.1. The second-order valence-electron chi connectivity index (χ2n) is 6.87. The Morgan fingerprint density at radius 3 is 2.76 bits per heavy atom. The highest BCUT2D eigenvalue weighted by molar-refractivity contribution is 5.92. The number of likely N-dealkylation sites (N-methyl/N-ethyl adjacent to an activating group) is 1. The molecule has 0 bridgehead atoms. The molecule has 25 heavy (non-hydrogen) atoms. The smallest absolute Gasteiger partial charge is 0.238 e. The predicted octanol–water partition coefficient (Wildman–Crippen LogP) is 3.56. The molecule has 0 atom stereocenters. The SMILES string of the molecule is COc1ccc(C)cc1CN(C)CC(=O)Nc1ccc2c(c1)CCC2. The lowest BCUT2D eigenvalue weighted by Gasteiger charge is -2.18. The van der Waals surface area contributed by atoms with Gasteiger partial charge in [-0.3, -0.25) is 9.69 Å². The molecule has 0 fully saturated rings. The maximum absolute atomic E-state index is 12.4. The molecule has 4 heteroatoms. The van der Waals surface area contributed by atoms with Gasteiger partial charge in [-0.05, 0) is 62.6 Å². The fourth-order valence-corrected chi connectivity index (χ4v) is 3.47. The summed E-state index contributed by atoms with van der Waals surface area (Å²) in [6.45, 7) is 3.07. The van der Waals surface area contributed by atoms with Crippen LogP contribution in [0, 0.1) is 6.92 Å². The van der Waals surface area contributed by atoms with Crippen LogP contribution in [0.25, 0.3) is 0 Å². The zero-order chi connectivity index (χ0) is 17.8. The fourth-order valence-electron chi connectivity index (χ4n) is 3.47. The number of fused-ring (bicyclic) bond motifs is 1. The molecule has 2 aromatic rings. The van der Waals surface area contributed by atoms with Crippen LogP contribution in [0.3, 0.4) is 0 Å². The second kappa shape index (κ2) is 7.70. The van der Waals surface area contributed by atoms with Crippen LogP contribution in [0.2, 0.25) is 0 Å². The molecule has 0 unspecified atom stereocenters. The highest BCUT2D eigenvalue weighted by atomic mass is 16.5. The summed E-state index contributed by atoms with van der Waals surface area (Å²) in [7, 11) is 3.62. The number of hydrogen-bond donors (Lipinski definition) is 1. The fraction of sp³-hybridized carbons (Fsp3) is 0.381. The Balaban J connectivity index is 1.58. The molecule has 0 saturated heterocycles. The number of rotatable bonds is 6. The lowest BCUT2D eigenvalue weighted by Crippen LogP contribution is -2.30. The summed E-state index contributed by atoms with van der Waals surface area (Å²) in [6.07, 6.45) is 3.49. The van der Waals surface area contributed by atoms with Gasteiger partial charge >= 0.3 is 0 Å². The monoisotopic (exact) mass is 338 g/mol. The minimum Gasteiger partial charge on any atom is -0.496 e. The number of nitrogens with one attached hydrogen (secondary N) is 1. The molecule has 0 heterocycles. The van der Waals surface area contributed by atoms with E-state index >= 15 is 0 Å². The highest BCUT2D eigenvalue weighted by Crippen LogP contribution is 2.25. The number of benzene rings is 2. The molecule has 0 radical (unpaired) electrons. The maximum atomic E-state index is 12.4. The molecule has 0 spiro atoms. The molecular formula is C21H26N2O2. The van der Waals surface area contributed by atoms with Crippen molar-refractivity contribution in [3.63, 3.8) is 0 Å². The number of anilines is 1. The van der Waals surface area contributed by atoms with Gasteiger partial charge in [0.2, 0.25) is 5.91 Å². The van der Waals surface area contributed by atoms with Crippen LogP contribution < -0.4 is 10.1 Å². The Morgan fingerprint density at radius 1 is 1.16 bits per heavy atom. The van der Waals surface area contributed by atoms with Crippen molar-refractivity contribution in [3.8, 4) is 5.75 Å². The van der Waals surface area contributed by atoms with Crippen molar-refractivity contribution < 1.29 is 9.53 Å². The van der Waals surface area contributed by atoms with E-state index in [0.29, 0.717) is 13.1 Å². The number of carbonyl (C=O) groups is 1. The molecule has 1 aliphatic rings. The van der Waals surface area contributed by atoms with Crippen molar-refractivity contribution in [2.24, 2.45) is 0 Å². The van der Waals surface area contributed by atoms with E-state index in [9.17, 15) is 4.79 Å². The van der Waals surface area contributed by atoms with Crippen LogP contribution in [0.1, 0.15) is 28.7 Å². The number of methoxy groups -OCH3 is 1. The lowest BCUT2D eigenvalue weighted by molar-refractivity contribution is -0.117. The quantitative estimate of drug-likeness (QED) is 0.875. The maximum Gasteiger partial charge on any atom is 0.238 e. The van der Waals surface area contributed by atoms with E-state index in [1.54, 1.807) is 7.11 Å². The first-order valence-electron chi connectivity index (χ1n) is 8.79. The van der Waals surface area contributed by atoms with Crippen LogP contribution in [-0.4, -0.2) is 31.5 Å². The van der Waals surface area contributed by atoms with E-state index in [1.165, 1.54) is 23.1 Å². The van der Waals surface area contributed by atoms with Gasteiger partial charge in [0.1, 0.15) is 5.75 Å². The Hall–Kier alpha value is -2.33. The van der Waals surface area contributed by atoms with Gasteiger partial charge < -0.3 is 10.1 Å². The zero-order valence-electron chi connectivity index (χ0n) is 15.3. The largest absolute Gasteiger partial charge is 0.496 e.